The molecule has 0 aliphatic heterocycles. The van der Waals surface area contributed by atoms with E-state index < -0.39 is 5.41 Å². The second kappa shape index (κ2) is 4.22. The molecule has 1 saturated carbocycles. The molecule has 0 amide bonds. The number of furan rings is 1. The van der Waals surface area contributed by atoms with Gasteiger partial charge in [0.2, 0.25) is 11.7 Å². The predicted octanol–water partition coefficient (Wildman–Crippen LogP) is 2.23. The van der Waals surface area contributed by atoms with E-state index in [9.17, 15) is 4.79 Å². The highest BCUT2D eigenvalue weighted by Gasteiger charge is 2.57. The lowest BCUT2D eigenvalue weighted by molar-refractivity contribution is -0.146. The fourth-order valence-corrected chi connectivity index (χ4v) is 2.04. The quantitative estimate of drug-likeness (QED) is 0.786. The summed E-state index contributed by atoms with van der Waals surface area (Å²) in [5.41, 5.74) is 0.0495. The van der Waals surface area contributed by atoms with E-state index >= 15 is 0 Å². The van der Waals surface area contributed by atoms with Gasteiger partial charge in [0.25, 0.3) is 0 Å². The van der Waals surface area contributed by atoms with Crippen LogP contribution in [0.1, 0.15) is 31.4 Å². The van der Waals surface area contributed by atoms with Crippen molar-refractivity contribution in [2.75, 3.05) is 6.61 Å². The summed E-state index contributed by atoms with van der Waals surface area (Å²) in [6, 6.07) is 1.77. The molecular weight excluding hydrogens is 248 g/mol. The summed E-state index contributed by atoms with van der Waals surface area (Å²) in [6.45, 7) is 3.95. The van der Waals surface area contributed by atoms with E-state index in [2.05, 4.69) is 10.1 Å². The average Bonchev–Trinajstić information content (AvgIpc) is 2.86. The SMILES string of the molecule is CCOC(=O)C1(c2nc(-c3ccoc3C)no2)CC1. The minimum Gasteiger partial charge on any atom is -0.469 e. The molecule has 2 heterocycles. The van der Waals surface area contributed by atoms with Gasteiger partial charge in [-0.15, -0.1) is 0 Å². The molecule has 2 aromatic heterocycles. The van der Waals surface area contributed by atoms with E-state index in [1.165, 1.54) is 0 Å². The third-order valence-corrected chi connectivity index (χ3v) is 3.35. The van der Waals surface area contributed by atoms with Crippen molar-refractivity contribution in [1.29, 1.82) is 0 Å². The largest absolute Gasteiger partial charge is 0.469 e. The molecule has 1 fully saturated rings. The molecule has 0 atom stereocenters. The summed E-state index contributed by atoms with van der Waals surface area (Å²) in [5.74, 6) is 1.21. The molecule has 19 heavy (non-hydrogen) atoms. The van der Waals surface area contributed by atoms with Crippen LogP contribution in [0.3, 0.4) is 0 Å². The first-order valence-electron chi connectivity index (χ1n) is 6.23. The molecule has 0 radical (unpaired) electrons. The molecule has 0 unspecified atom stereocenters. The molecule has 0 spiro atoms. The number of hydrogen-bond acceptors (Lipinski definition) is 6. The van der Waals surface area contributed by atoms with Gasteiger partial charge in [0.05, 0.1) is 18.4 Å². The van der Waals surface area contributed by atoms with E-state index in [-0.39, 0.29) is 5.97 Å². The zero-order valence-corrected chi connectivity index (χ0v) is 10.8. The average molecular weight is 262 g/mol. The number of carbonyl (C=O) groups excluding carboxylic acids is 1. The lowest BCUT2D eigenvalue weighted by Crippen LogP contribution is -2.23. The van der Waals surface area contributed by atoms with Gasteiger partial charge in [-0.1, -0.05) is 5.16 Å². The van der Waals surface area contributed by atoms with Gasteiger partial charge in [-0.25, -0.2) is 0 Å². The zero-order chi connectivity index (χ0) is 13.5. The van der Waals surface area contributed by atoms with Crippen LogP contribution in [0.15, 0.2) is 21.3 Å². The number of nitrogens with zero attached hydrogens (tertiary/aromatic N) is 2. The van der Waals surface area contributed by atoms with Crippen LogP contribution in [0.25, 0.3) is 11.4 Å². The Bertz CT molecular complexity index is 610. The highest BCUT2D eigenvalue weighted by atomic mass is 16.5. The van der Waals surface area contributed by atoms with Gasteiger partial charge in [0, 0.05) is 0 Å². The van der Waals surface area contributed by atoms with E-state index in [4.69, 9.17) is 13.7 Å². The molecule has 1 aliphatic rings. The maximum absolute atomic E-state index is 11.9. The number of esters is 1. The van der Waals surface area contributed by atoms with Crippen LogP contribution in [0, 0.1) is 6.92 Å². The van der Waals surface area contributed by atoms with Crippen molar-refractivity contribution in [3.8, 4) is 11.4 Å². The Balaban J connectivity index is 1.90. The van der Waals surface area contributed by atoms with Crippen molar-refractivity contribution in [1.82, 2.24) is 10.1 Å². The number of aryl methyl sites for hydroxylation is 1. The third-order valence-electron chi connectivity index (χ3n) is 3.35. The van der Waals surface area contributed by atoms with Crippen LogP contribution >= 0.6 is 0 Å². The fraction of sp³-hybridized carbons (Fsp3) is 0.462. The maximum atomic E-state index is 11.9. The van der Waals surface area contributed by atoms with Crippen LogP contribution in [0.5, 0.6) is 0 Å². The Kier molecular flexibility index (Phi) is 2.66. The molecule has 0 saturated heterocycles. The molecular formula is C13H14N2O4. The minimum absolute atomic E-state index is 0.283. The van der Waals surface area contributed by atoms with Gasteiger partial charge >= 0.3 is 5.97 Å². The van der Waals surface area contributed by atoms with Gasteiger partial charge in [-0.3, -0.25) is 4.79 Å². The van der Waals surface area contributed by atoms with Crippen molar-refractivity contribution >= 4 is 5.97 Å². The maximum Gasteiger partial charge on any atom is 0.321 e. The Hall–Kier alpha value is -2.11. The van der Waals surface area contributed by atoms with Gasteiger partial charge in [-0.05, 0) is 32.8 Å². The monoisotopic (exact) mass is 262 g/mol. The first kappa shape index (κ1) is 12.0. The molecule has 6 nitrogen and oxygen atoms in total. The highest BCUT2D eigenvalue weighted by molar-refractivity contribution is 5.85. The summed E-state index contributed by atoms with van der Waals surface area (Å²) >= 11 is 0. The Morgan fingerprint density at radius 1 is 1.53 bits per heavy atom. The number of ether oxygens (including phenoxy) is 1. The van der Waals surface area contributed by atoms with Crippen molar-refractivity contribution < 1.29 is 18.5 Å². The second-order valence-electron chi connectivity index (χ2n) is 4.62. The zero-order valence-electron chi connectivity index (χ0n) is 10.8. The summed E-state index contributed by atoms with van der Waals surface area (Å²) in [6.07, 6.45) is 2.95. The molecule has 0 aromatic carbocycles. The van der Waals surface area contributed by atoms with Crippen LogP contribution in [0.4, 0.5) is 0 Å². The highest BCUT2D eigenvalue weighted by Crippen LogP contribution is 2.48. The molecule has 1 aliphatic carbocycles. The Morgan fingerprint density at radius 3 is 2.89 bits per heavy atom. The number of aromatic nitrogens is 2. The summed E-state index contributed by atoms with van der Waals surface area (Å²) in [4.78, 5) is 16.2. The first-order valence-corrected chi connectivity index (χ1v) is 6.23. The Morgan fingerprint density at radius 2 is 2.32 bits per heavy atom. The number of hydrogen-bond donors (Lipinski definition) is 0. The van der Waals surface area contributed by atoms with Crippen LogP contribution in [-0.4, -0.2) is 22.7 Å². The summed E-state index contributed by atoms with van der Waals surface area (Å²) < 4.78 is 15.5. The van der Waals surface area contributed by atoms with E-state index in [0.717, 1.165) is 5.56 Å². The molecule has 0 N–H and O–H groups in total. The lowest BCUT2D eigenvalue weighted by atomic mass is 10.1. The van der Waals surface area contributed by atoms with Crippen molar-refractivity contribution in [3.63, 3.8) is 0 Å². The third kappa shape index (κ3) is 1.83. The van der Waals surface area contributed by atoms with Crippen molar-refractivity contribution in [3.05, 3.63) is 24.0 Å². The molecule has 100 valence electrons. The molecule has 6 heteroatoms. The Labute approximate surface area is 109 Å². The van der Waals surface area contributed by atoms with Crippen LogP contribution < -0.4 is 0 Å². The van der Waals surface area contributed by atoms with Gasteiger partial charge in [0.1, 0.15) is 11.2 Å². The molecule has 0 bridgehead atoms. The van der Waals surface area contributed by atoms with Crippen LogP contribution in [0.2, 0.25) is 0 Å². The molecule has 2 aromatic rings. The van der Waals surface area contributed by atoms with Crippen molar-refractivity contribution in [2.45, 2.75) is 32.1 Å². The topological polar surface area (TPSA) is 78.4 Å². The summed E-state index contributed by atoms with van der Waals surface area (Å²) in [5, 5.41) is 3.91. The first-order chi connectivity index (χ1) is 9.17. The lowest BCUT2D eigenvalue weighted by Gasteiger charge is -2.07. The van der Waals surface area contributed by atoms with Gasteiger partial charge in [-0.2, -0.15) is 4.98 Å². The summed E-state index contributed by atoms with van der Waals surface area (Å²) in [7, 11) is 0. The van der Waals surface area contributed by atoms with E-state index in [1.54, 1.807) is 19.3 Å². The van der Waals surface area contributed by atoms with Gasteiger partial charge in [0.15, 0.2) is 0 Å². The molecule has 3 rings (SSSR count). The number of carbonyl (C=O) groups is 1. The normalized spacial score (nSPS) is 16.3. The van der Waals surface area contributed by atoms with E-state index in [1.807, 2.05) is 6.92 Å². The standard InChI is InChI=1S/C13H14N2O4/c1-3-17-12(16)13(5-6-13)11-14-10(15-19-11)9-4-7-18-8(9)2/h4,7H,3,5-6H2,1-2H3. The second-order valence-corrected chi connectivity index (χ2v) is 4.62. The minimum atomic E-state index is -0.723. The van der Waals surface area contributed by atoms with E-state index in [0.29, 0.717) is 36.9 Å². The fourth-order valence-electron chi connectivity index (χ4n) is 2.04. The van der Waals surface area contributed by atoms with Crippen molar-refractivity contribution in [2.24, 2.45) is 0 Å². The predicted molar refractivity (Wildman–Crippen MR) is 64.3 cm³/mol. The smallest absolute Gasteiger partial charge is 0.321 e. The number of rotatable bonds is 4. The van der Waals surface area contributed by atoms with Gasteiger partial charge < -0.3 is 13.7 Å². The van der Waals surface area contributed by atoms with Crippen LogP contribution in [-0.2, 0) is 14.9 Å².